The van der Waals surface area contributed by atoms with E-state index in [1.165, 1.54) is 6.07 Å². The Hall–Kier alpha value is -0.160. The first-order chi connectivity index (χ1) is 6.55. The highest BCUT2D eigenvalue weighted by molar-refractivity contribution is 14.1. The SMILES string of the molecule is CC(C)(CI)OCc1ccccc1F. The average molecular weight is 308 g/mol. The standard InChI is InChI=1S/C11H14FIO/c1-11(2,8-13)14-7-9-5-3-4-6-10(9)12/h3-6H,7-8H2,1-2H3. The van der Waals surface area contributed by atoms with Crippen molar-refractivity contribution in [2.45, 2.75) is 26.1 Å². The molecule has 0 aliphatic rings. The van der Waals surface area contributed by atoms with Gasteiger partial charge >= 0.3 is 0 Å². The lowest BCUT2D eigenvalue weighted by atomic mass is 10.2. The van der Waals surface area contributed by atoms with E-state index in [1.807, 2.05) is 19.9 Å². The van der Waals surface area contributed by atoms with Crippen molar-refractivity contribution in [3.05, 3.63) is 35.6 Å². The molecule has 1 rings (SSSR count). The summed E-state index contributed by atoms with van der Waals surface area (Å²) in [6, 6.07) is 6.70. The van der Waals surface area contributed by atoms with Crippen LogP contribution >= 0.6 is 22.6 Å². The zero-order chi connectivity index (χ0) is 10.6. The van der Waals surface area contributed by atoms with Gasteiger partial charge in [0.2, 0.25) is 0 Å². The predicted octanol–water partition coefficient (Wildman–Crippen LogP) is 3.56. The summed E-state index contributed by atoms with van der Waals surface area (Å²) in [4.78, 5) is 0. The van der Waals surface area contributed by atoms with Gasteiger partial charge in [0.15, 0.2) is 0 Å². The molecular weight excluding hydrogens is 294 g/mol. The Morgan fingerprint density at radius 3 is 2.57 bits per heavy atom. The van der Waals surface area contributed by atoms with Crippen molar-refractivity contribution >= 4 is 22.6 Å². The van der Waals surface area contributed by atoms with Gasteiger partial charge in [-0.15, -0.1) is 0 Å². The molecule has 1 nitrogen and oxygen atoms in total. The molecule has 0 fully saturated rings. The fraction of sp³-hybridized carbons (Fsp3) is 0.455. The molecule has 0 saturated heterocycles. The third-order valence-electron chi connectivity index (χ3n) is 1.90. The van der Waals surface area contributed by atoms with Crippen LogP contribution in [0.5, 0.6) is 0 Å². The number of benzene rings is 1. The predicted molar refractivity (Wildman–Crippen MR) is 64.2 cm³/mol. The Kier molecular flexibility index (Phi) is 4.31. The van der Waals surface area contributed by atoms with Gasteiger partial charge in [0, 0.05) is 9.99 Å². The minimum atomic E-state index is -0.197. The summed E-state index contributed by atoms with van der Waals surface area (Å²) in [5.41, 5.74) is 0.425. The van der Waals surface area contributed by atoms with Gasteiger partial charge in [0.1, 0.15) is 5.82 Å². The van der Waals surface area contributed by atoms with Crippen LogP contribution in [0.3, 0.4) is 0 Å². The van der Waals surface area contributed by atoms with Gasteiger partial charge in [0.05, 0.1) is 12.2 Å². The van der Waals surface area contributed by atoms with Crippen LogP contribution in [0.1, 0.15) is 19.4 Å². The fourth-order valence-corrected chi connectivity index (χ4v) is 1.15. The maximum Gasteiger partial charge on any atom is 0.128 e. The maximum atomic E-state index is 13.2. The molecule has 0 amide bonds. The molecule has 78 valence electrons. The first-order valence-electron chi connectivity index (χ1n) is 4.48. The van der Waals surface area contributed by atoms with Crippen molar-refractivity contribution in [3.8, 4) is 0 Å². The second-order valence-electron chi connectivity index (χ2n) is 3.77. The van der Waals surface area contributed by atoms with E-state index >= 15 is 0 Å². The lowest BCUT2D eigenvalue weighted by Crippen LogP contribution is -2.25. The second kappa shape index (κ2) is 5.07. The number of halogens is 2. The normalized spacial score (nSPS) is 11.7. The highest BCUT2D eigenvalue weighted by Crippen LogP contribution is 2.16. The van der Waals surface area contributed by atoms with E-state index in [9.17, 15) is 4.39 Å². The van der Waals surface area contributed by atoms with Crippen molar-refractivity contribution in [2.24, 2.45) is 0 Å². The van der Waals surface area contributed by atoms with Crippen molar-refractivity contribution in [1.29, 1.82) is 0 Å². The minimum Gasteiger partial charge on any atom is -0.370 e. The molecule has 0 bridgehead atoms. The first-order valence-corrected chi connectivity index (χ1v) is 6.01. The van der Waals surface area contributed by atoms with Crippen LogP contribution in [0.15, 0.2) is 24.3 Å². The minimum absolute atomic E-state index is 0.192. The summed E-state index contributed by atoms with van der Waals surface area (Å²) in [6.07, 6.45) is 0. The van der Waals surface area contributed by atoms with E-state index in [2.05, 4.69) is 22.6 Å². The van der Waals surface area contributed by atoms with Crippen molar-refractivity contribution in [2.75, 3.05) is 4.43 Å². The molecule has 1 aromatic carbocycles. The molecule has 3 heteroatoms. The summed E-state index contributed by atoms with van der Waals surface area (Å²) in [6.45, 7) is 4.34. The summed E-state index contributed by atoms with van der Waals surface area (Å²) in [5, 5.41) is 0. The summed E-state index contributed by atoms with van der Waals surface area (Å²) < 4.78 is 19.7. The molecule has 1 aromatic rings. The van der Waals surface area contributed by atoms with Crippen molar-refractivity contribution in [3.63, 3.8) is 0 Å². The summed E-state index contributed by atoms with van der Waals surface area (Å²) in [5.74, 6) is -0.197. The van der Waals surface area contributed by atoms with Crippen LogP contribution < -0.4 is 0 Å². The molecule has 0 spiro atoms. The monoisotopic (exact) mass is 308 g/mol. The quantitative estimate of drug-likeness (QED) is 0.610. The Balaban J connectivity index is 2.58. The molecule has 0 saturated carbocycles. The Morgan fingerprint density at radius 1 is 1.36 bits per heavy atom. The number of hydrogen-bond donors (Lipinski definition) is 0. The number of hydrogen-bond acceptors (Lipinski definition) is 1. The largest absolute Gasteiger partial charge is 0.370 e. The van der Waals surface area contributed by atoms with E-state index in [0.29, 0.717) is 12.2 Å². The van der Waals surface area contributed by atoms with E-state index in [0.717, 1.165) is 4.43 Å². The molecule has 0 aliphatic carbocycles. The molecule has 0 unspecified atom stereocenters. The van der Waals surface area contributed by atoms with Gasteiger partial charge < -0.3 is 4.74 Å². The third-order valence-corrected chi connectivity index (χ3v) is 3.74. The number of ether oxygens (including phenoxy) is 1. The van der Waals surface area contributed by atoms with Gasteiger partial charge in [0.25, 0.3) is 0 Å². The summed E-state index contributed by atoms with van der Waals surface area (Å²) >= 11 is 2.26. The average Bonchev–Trinajstić information content (AvgIpc) is 2.17. The van der Waals surface area contributed by atoms with Crippen LogP contribution in [0.25, 0.3) is 0 Å². The van der Waals surface area contributed by atoms with E-state index < -0.39 is 0 Å². The third kappa shape index (κ3) is 3.53. The maximum absolute atomic E-state index is 13.2. The van der Waals surface area contributed by atoms with Crippen LogP contribution in [-0.2, 0) is 11.3 Å². The fourth-order valence-electron chi connectivity index (χ4n) is 0.927. The van der Waals surface area contributed by atoms with E-state index in [1.54, 1.807) is 12.1 Å². The molecular formula is C11H14FIO. The lowest BCUT2D eigenvalue weighted by Gasteiger charge is -2.22. The van der Waals surface area contributed by atoms with Gasteiger partial charge in [-0.05, 0) is 19.9 Å². The van der Waals surface area contributed by atoms with Gasteiger partial charge in [-0.3, -0.25) is 0 Å². The smallest absolute Gasteiger partial charge is 0.128 e. The molecule has 0 radical (unpaired) electrons. The van der Waals surface area contributed by atoms with Crippen molar-refractivity contribution in [1.82, 2.24) is 0 Å². The molecule has 0 aromatic heterocycles. The lowest BCUT2D eigenvalue weighted by molar-refractivity contribution is -0.0103. The number of rotatable bonds is 4. The Bertz CT molecular complexity index is 299. The van der Waals surface area contributed by atoms with Gasteiger partial charge in [-0.25, -0.2) is 4.39 Å². The molecule has 14 heavy (non-hydrogen) atoms. The molecule has 0 N–H and O–H groups in total. The molecule has 0 aliphatic heterocycles. The van der Waals surface area contributed by atoms with Crippen LogP contribution in [0, 0.1) is 5.82 Å². The van der Waals surface area contributed by atoms with Gasteiger partial charge in [-0.1, -0.05) is 40.8 Å². The highest BCUT2D eigenvalue weighted by Gasteiger charge is 2.16. The zero-order valence-electron chi connectivity index (χ0n) is 8.39. The van der Waals surface area contributed by atoms with Crippen LogP contribution in [0.4, 0.5) is 4.39 Å². The van der Waals surface area contributed by atoms with Crippen LogP contribution in [0.2, 0.25) is 0 Å². The Morgan fingerprint density at radius 2 is 2.00 bits per heavy atom. The summed E-state index contributed by atoms with van der Waals surface area (Å²) in [7, 11) is 0. The zero-order valence-corrected chi connectivity index (χ0v) is 10.5. The highest BCUT2D eigenvalue weighted by atomic mass is 127. The van der Waals surface area contributed by atoms with Crippen molar-refractivity contribution < 1.29 is 9.13 Å². The van der Waals surface area contributed by atoms with Crippen LogP contribution in [-0.4, -0.2) is 10.0 Å². The first kappa shape index (κ1) is 11.9. The van der Waals surface area contributed by atoms with E-state index in [-0.39, 0.29) is 11.4 Å². The molecule has 0 heterocycles. The topological polar surface area (TPSA) is 9.23 Å². The molecule has 0 atom stereocenters. The van der Waals surface area contributed by atoms with E-state index in [4.69, 9.17) is 4.74 Å². The Labute approximate surface area is 97.8 Å². The second-order valence-corrected chi connectivity index (χ2v) is 4.54. The van der Waals surface area contributed by atoms with Gasteiger partial charge in [-0.2, -0.15) is 0 Å². The number of alkyl halides is 1.